The lowest BCUT2D eigenvalue weighted by Gasteiger charge is -2.34. The van der Waals surface area contributed by atoms with Crippen LogP contribution in [-0.4, -0.2) is 8.07 Å². The third kappa shape index (κ3) is 3.78. The molecule has 0 aliphatic heterocycles. The number of para-hydroxylation sites is 2. The van der Waals surface area contributed by atoms with Gasteiger partial charge in [-0.3, -0.25) is 0 Å². The minimum Gasteiger partial charge on any atom is -0.456 e. The summed E-state index contributed by atoms with van der Waals surface area (Å²) >= 11 is 0. The first kappa shape index (κ1) is 23.9. The summed E-state index contributed by atoms with van der Waals surface area (Å²) in [6, 6.07) is 55.8. The van der Waals surface area contributed by atoms with E-state index in [1.54, 1.807) is 0 Å². The second-order valence-electron chi connectivity index (χ2n) is 10.0. The van der Waals surface area contributed by atoms with Crippen LogP contribution in [0.4, 0.5) is 0 Å². The molecule has 7 rings (SSSR count). The molecule has 2 nitrogen and oxygen atoms in total. The zero-order chi connectivity index (χ0) is 26.9. The highest BCUT2D eigenvalue weighted by atomic mass is 28.3. The molecular formula is C37H25NOSi. The van der Waals surface area contributed by atoms with Crippen molar-refractivity contribution >= 4 is 50.8 Å². The van der Waals surface area contributed by atoms with Gasteiger partial charge in [-0.15, -0.1) is 0 Å². The average molecular weight is 528 g/mol. The van der Waals surface area contributed by atoms with E-state index >= 15 is 0 Å². The van der Waals surface area contributed by atoms with Crippen molar-refractivity contribution in [2.75, 3.05) is 0 Å². The number of benzene rings is 6. The third-order valence-electron chi connectivity index (χ3n) is 7.86. The zero-order valence-corrected chi connectivity index (χ0v) is 22.8. The molecule has 1 aromatic heterocycles. The molecule has 0 amide bonds. The second-order valence-corrected chi connectivity index (χ2v) is 13.8. The standard InChI is InChI=1S/C37H25NOSi/c38-26-27-21-23-28(24-22-27)29-11-9-16-32(25-29)40(30-12-3-1-4-13-30,31-14-5-2-6-15-31)36-20-10-18-34-33-17-7-8-19-35(33)39-37(34)36/h1-25H. The summed E-state index contributed by atoms with van der Waals surface area (Å²) in [5.41, 5.74) is 4.73. The lowest BCUT2D eigenvalue weighted by Crippen LogP contribution is -2.74. The molecule has 0 atom stereocenters. The summed E-state index contributed by atoms with van der Waals surface area (Å²) in [7, 11) is -2.86. The van der Waals surface area contributed by atoms with Crippen LogP contribution in [0, 0.1) is 11.3 Å². The van der Waals surface area contributed by atoms with E-state index in [-0.39, 0.29) is 0 Å². The number of rotatable bonds is 5. The third-order valence-corrected chi connectivity index (χ3v) is 12.6. The highest BCUT2D eigenvalue weighted by molar-refractivity contribution is 7.20. The molecule has 0 saturated heterocycles. The summed E-state index contributed by atoms with van der Waals surface area (Å²) in [5, 5.41) is 16.7. The molecule has 0 bridgehead atoms. The van der Waals surface area contributed by atoms with Gasteiger partial charge < -0.3 is 4.42 Å². The molecule has 40 heavy (non-hydrogen) atoms. The number of nitrogens with zero attached hydrogens (tertiary/aromatic N) is 1. The summed E-state index contributed by atoms with van der Waals surface area (Å²) in [6.07, 6.45) is 0. The van der Waals surface area contributed by atoms with Crippen molar-refractivity contribution in [3.05, 3.63) is 157 Å². The summed E-state index contributed by atoms with van der Waals surface area (Å²) in [5.74, 6) is 0. The van der Waals surface area contributed by atoms with Crippen LogP contribution in [0.3, 0.4) is 0 Å². The maximum absolute atomic E-state index is 9.31. The highest BCUT2D eigenvalue weighted by Crippen LogP contribution is 2.29. The van der Waals surface area contributed by atoms with E-state index in [0.29, 0.717) is 5.56 Å². The Morgan fingerprint density at radius 1 is 0.500 bits per heavy atom. The number of nitriles is 1. The Morgan fingerprint density at radius 3 is 1.80 bits per heavy atom. The smallest absolute Gasteiger partial charge is 0.184 e. The van der Waals surface area contributed by atoms with E-state index in [9.17, 15) is 5.26 Å². The van der Waals surface area contributed by atoms with Gasteiger partial charge in [0.1, 0.15) is 11.2 Å². The maximum Gasteiger partial charge on any atom is 0.184 e. The highest BCUT2D eigenvalue weighted by Gasteiger charge is 2.43. The van der Waals surface area contributed by atoms with Gasteiger partial charge in [0, 0.05) is 10.8 Å². The zero-order valence-electron chi connectivity index (χ0n) is 21.8. The quantitative estimate of drug-likeness (QED) is 0.189. The molecule has 3 heteroatoms. The fourth-order valence-corrected chi connectivity index (χ4v) is 11.0. The van der Waals surface area contributed by atoms with Gasteiger partial charge in [-0.05, 0) is 50.1 Å². The molecule has 7 aromatic rings. The van der Waals surface area contributed by atoms with E-state index in [4.69, 9.17) is 4.42 Å². The predicted octanol–water partition coefficient (Wildman–Crippen LogP) is 6.50. The van der Waals surface area contributed by atoms with Crippen LogP contribution >= 0.6 is 0 Å². The molecule has 0 aliphatic rings. The maximum atomic E-state index is 9.31. The van der Waals surface area contributed by atoms with Crippen molar-refractivity contribution in [1.82, 2.24) is 0 Å². The molecule has 0 unspecified atom stereocenters. The first-order valence-electron chi connectivity index (χ1n) is 13.4. The normalized spacial score (nSPS) is 11.5. The molecule has 1 heterocycles. The van der Waals surface area contributed by atoms with Crippen molar-refractivity contribution in [1.29, 1.82) is 5.26 Å². The van der Waals surface area contributed by atoms with E-state index in [2.05, 4.69) is 127 Å². The fraction of sp³-hybridized carbons (Fsp3) is 0. The van der Waals surface area contributed by atoms with Gasteiger partial charge >= 0.3 is 0 Å². The fourth-order valence-electron chi connectivity index (χ4n) is 6.05. The lowest BCUT2D eigenvalue weighted by molar-refractivity contribution is 0.671. The van der Waals surface area contributed by atoms with Crippen molar-refractivity contribution in [3.8, 4) is 17.2 Å². The topological polar surface area (TPSA) is 36.9 Å². The summed E-state index contributed by atoms with van der Waals surface area (Å²) < 4.78 is 6.70. The van der Waals surface area contributed by atoms with Crippen molar-refractivity contribution in [2.45, 2.75) is 0 Å². The largest absolute Gasteiger partial charge is 0.456 e. The number of hydrogen-bond acceptors (Lipinski definition) is 2. The first-order valence-corrected chi connectivity index (χ1v) is 15.4. The second kappa shape index (κ2) is 9.85. The van der Waals surface area contributed by atoms with E-state index < -0.39 is 8.07 Å². The number of fused-ring (bicyclic) bond motifs is 3. The Hall–Kier alpha value is -5.17. The minimum atomic E-state index is -2.86. The van der Waals surface area contributed by atoms with E-state index in [0.717, 1.165) is 33.1 Å². The molecule has 0 N–H and O–H groups in total. The average Bonchev–Trinajstić information content (AvgIpc) is 3.42. The van der Waals surface area contributed by atoms with E-state index in [1.165, 1.54) is 20.7 Å². The minimum absolute atomic E-state index is 0.661. The van der Waals surface area contributed by atoms with Crippen LogP contribution in [0.2, 0.25) is 0 Å². The van der Waals surface area contributed by atoms with Gasteiger partial charge in [0.25, 0.3) is 0 Å². The monoisotopic (exact) mass is 527 g/mol. The van der Waals surface area contributed by atoms with Crippen LogP contribution in [-0.2, 0) is 0 Å². The van der Waals surface area contributed by atoms with E-state index in [1.807, 2.05) is 30.3 Å². The van der Waals surface area contributed by atoms with Gasteiger partial charge in [0.15, 0.2) is 8.07 Å². The SMILES string of the molecule is N#Cc1ccc(-c2cccc([Si](c3ccccc3)(c3ccccc3)c3cccc4c3oc3ccccc34)c2)cc1. The van der Waals surface area contributed by atoms with Crippen LogP contribution < -0.4 is 20.7 Å². The first-order chi connectivity index (χ1) is 19.8. The summed E-state index contributed by atoms with van der Waals surface area (Å²) in [4.78, 5) is 0. The molecule has 0 fully saturated rings. The predicted molar refractivity (Wildman–Crippen MR) is 167 cm³/mol. The van der Waals surface area contributed by atoms with Gasteiger partial charge in [-0.2, -0.15) is 5.26 Å². The Bertz CT molecular complexity index is 1960. The molecule has 6 aromatic carbocycles. The van der Waals surface area contributed by atoms with Crippen molar-refractivity contribution in [3.63, 3.8) is 0 Å². The molecule has 0 aliphatic carbocycles. The van der Waals surface area contributed by atoms with Gasteiger partial charge in [-0.25, -0.2) is 0 Å². The van der Waals surface area contributed by atoms with Crippen molar-refractivity contribution in [2.24, 2.45) is 0 Å². The Labute approximate surface area is 234 Å². The summed E-state index contributed by atoms with van der Waals surface area (Å²) in [6.45, 7) is 0. The van der Waals surface area contributed by atoms with Crippen LogP contribution in [0.5, 0.6) is 0 Å². The Kier molecular flexibility index (Phi) is 5.89. The van der Waals surface area contributed by atoms with Gasteiger partial charge in [0.2, 0.25) is 0 Å². The Morgan fingerprint density at radius 2 is 1.10 bits per heavy atom. The molecular weight excluding hydrogens is 502 g/mol. The lowest BCUT2D eigenvalue weighted by atomic mass is 10.0. The van der Waals surface area contributed by atoms with Gasteiger partial charge in [0.05, 0.1) is 11.6 Å². The Balaban J connectivity index is 1.60. The van der Waals surface area contributed by atoms with Gasteiger partial charge in [-0.1, -0.05) is 133 Å². The molecule has 0 spiro atoms. The van der Waals surface area contributed by atoms with Crippen molar-refractivity contribution < 1.29 is 4.42 Å². The van der Waals surface area contributed by atoms with Crippen LogP contribution in [0.15, 0.2) is 156 Å². The number of hydrogen-bond donors (Lipinski definition) is 0. The molecule has 0 saturated carbocycles. The van der Waals surface area contributed by atoms with Crippen LogP contribution in [0.25, 0.3) is 33.1 Å². The van der Waals surface area contributed by atoms with Crippen LogP contribution in [0.1, 0.15) is 5.56 Å². The number of furan rings is 1. The molecule has 0 radical (unpaired) electrons. The molecule has 188 valence electrons.